The molecule has 1 aromatic heterocycles. The Morgan fingerprint density at radius 2 is 1.80 bits per heavy atom. The molecule has 8 heteroatoms. The summed E-state index contributed by atoms with van der Waals surface area (Å²) in [5.41, 5.74) is 0.910. The zero-order chi connectivity index (χ0) is 21.8. The maximum absolute atomic E-state index is 14.1. The van der Waals surface area contributed by atoms with Crippen LogP contribution in [0.2, 0.25) is 0 Å². The van der Waals surface area contributed by atoms with Crippen molar-refractivity contribution in [1.82, 2.24) is 5.32 Å². The van der Waals surface area contributed by atoms with Crippen molar-refractivity contribution in [1.29, 1.82) is 0 Å². The summed E-state index contributed by atoms with van der Waals surface area (Å²) in [6.07, 6.45) is 0. The molecule has 156 valence electrons. The maximum atomic E-state index is 14.1. The van der Waals surface area contributed by atoms with Crippen LogP contribution in [0.25, 0.3) is 11.0 Å². The quantitative estimate of drug-likeness (QED) is 0.684. The van der Waals surface area contributed by atoms with Crippen molar-refractivity contribution in [3.8, 4) is 0 Å². The van der Waals surface area contributed by atoms with Gasteiger partial charge in [0, 0.05) is 43.2 Å². The van der Waals surface area contributed by atoms with Crippen LogP contribution in [0.3, 0.4) is 0 Å². The van der Waals surface area contributed by atoms with Crippen LogP contribution < -0.4 is 15.8 Å². The second kappa shape index (κ2) is 8.86. The van der Waals surface area contributed by atoms with Crippen molar-refractivity contribution < 1.29 is 22.8 Å². The number of amides is 2. The number of benzene rings is 2. The molecule has 2 aromatic carbocycles. The minimum Gasteiger partial charge on any atom is -0.437 e. The van der Waals surface area contributed by atoms with Gasteiger partial charge in [0.05, 0.1) is 0 Å². The lowest BCUT2D eigenvalue weighted by atomic mass is 10.1. The number of nitrogens with one attached hydrogen (secondary N) is 1. The minimum absolute atomic E-state index is 0.0444. The first-order valence-corrected chi connectivity index (χ1v) is 9.47. The van der Waals surface area contributed by atoms with Gasteiger partial charge in [0.1, 0.15) is 22.7 Å². The standard InChI is InChI=1S/C22H21F2N3O3/c1-4-27(5-2)16-8-6-14-10-17(21(29)25-13(3)28)22(30-20(14)12-16)26-19-9-7-15(23)11-18(19)24/h6-12H,4-5H2,1-3H3,(H,25,28,29). The molecule has 0 unspecified atom stereocenters. The van der Waals surface area contributed by atoms with E-state index in [4.69, 9.17) is 4.42 Å². The first-order valence-electron chi connectivity index (χ1n) is 9.47. The van der Waals surface area contributed by atoms with Crippen LogP contribution >= 0.6 is 0 Å². The number of halogens is 2. The molecule has 2 amide bonds. The molecule has 0 spiro atoms. The molecule has 0 aliphatic heterocycles. The summed E-state index contributed by atoms with van der Waals surface area (Å²) in [7, 11) is 0. The second-order valence-electron chi connectivity index (χ2n) is 6.58. The molecule has 0 radical (unpaired) electrons. The molecule has 0 aliphatic rings. The molecule has 6 nitrogen and oxygen atoms in total. The van der Waals surface area contributed by atoms with Crippen LogP contribution in [-0.4, -0.2) is 24.9 Å². The fourth-order valence-corrected chi connectivity index (χ4v) is 3.05. The Morgan fingerprint density at radius 1 is 1.07 bits per heavy atom. The van der Waals surface area contributed by atoms with Crippen molar-refractivity contribution in [2.24, 2.45) is 4.99 Å². The van der Waals surface area contributed by atoms with Crippen molar-refractivity contribution in [3.05, 3.63) is 65.2 Å². The Hall–Kier alpha value is -3.55. The molecule has 0 saturated heterocycles. The predicted octanol–water partition coefficient (Wildman–Crippen LogP) is 4.07. The smallest absolute Gasteiger partial charge is 0.263 e. The normalized spacial score (nSPS) is 11.6. The Balaban J connectivity index is 2.25. The van der Waals surface area contributed by atoms with E-state index in [1.807, 2.05) is 19.9 Å². The highest BCUT2D eigenvalue weighted by atomic mass is 19.1. The van der Waals surface area contributed by atoms with E-state index in [1.54, 1.807) is 12.1 Å². The van der Waals surface area contributed by atoms with E-state index >= 15 is 0 Å². The molecule has 30 heavy (non-hydrogen) atoms. The zero-order valence-corrected chi connectivity index (χ0v) is 16.8. The molecule has 0 fully saturated rings. The van der Waals surface area contributed by atoms with Crippen LogP contribution in [0.15, 0.2) is 51.9 Å². The molecular formula is C22H21F2N3O3. The van der Waals surface area contributed by atoms with Gasteiger partial charge in [-0.1, -0.05) is 0 Å². The van der Waals surface area contributed by atoms with Gasteiger partial charge in [0.25, 0.3) is 5.91 Å². The highest BCUT2D eigenvalue weighted by molar-refractivity contribution is 6.05. The lowest BCUT2D eigenvalue weighted by molar-refractivity contribution is -0.118. The van der Waals surface area contributed by atoms with Gasteiger partial charge in [-0.3, -0.25) is 14.9 Å². The van der Waals surface area contributed by atoms with Gasteiger partial charge in [-0.15, -0.1) is 0 Å². The average molecular weight is 413 g/mol. The number of imide groups is 1. The number of hydrogen-bond acceptors (Lipinski definition) is 5. The fraction of sp³-hybridized carbons (Fsp3) is 0.227. The van der Waals surface area contributed by atoms with Crippen LogP contribution in [0.4, 0.5) is 20.2 Å². The number of carbonyl (C=O) groups excluding carboxylic acids is 2. The molecule has 0 bridgehead atoms. The predicted molar refractivity (Wildman–Crippen MR) is 110 cm³/mol. The number of hydrogen-bond donors (Lipinski definition) is 1. The number of fused-ring (bicyclic) bond motifs is 1. The van der Waals surface area contributed by atoms with Gasteiger partial charge in [-0.05, 0) is 44.2 Å². The summed E-state index contributed by atoms with van der Waals surface area (Å²) < 4.78 is 33.2. The lowest BCUT2D eigenvalue weighted by Crippen LogP contribution is -2.32. The first-order chi connectivity index (χ1) is 14.3. The Labute approximate surface area is 171 Å². The molecule has 3 rings (SSSR count). The van der Waals surface area contributed by atoms with E-state index in [9.17, 15) is 18.4 Å². The van der Waals surface area contributed by atoms with Gasteiger partial charge >= 0.3 is 0 Å². The minimum atomic E-state index is -0.903. The van der Waals surface area contributed by atoms with E-state index in [0.717, 1.165) is 30.9 Å². The summed E-state index contributed by atoms with van der Waals surface area (Å²) in [6, 6.07) is 9.89. The van der Waals surface area contributed by atoms with Crippen molar-refractivity contribution >= 4 is 34.2 Å². The maximum Gasteiger partial charge on any atom is 0.263 e. The number of rotatable bonds is 5. The monoisotopic (exact) mass is 413 g/mol. The fourth-order valence-electron chi connectivity index (χ4n) is 3.05. The first kappa shape index (κ1) is 21.2. The van der Waals surface area contributed by atoms with E-state index < -0.39 is 23.4 Å². The molecule has 1 heterocycles. The Bertz CT molecular complexity index is 1180. The van der Waals surface area contributed by atoms with Gasteiger partial charge in [-0.2, -0.15) is 0 Å². The molecule has 0 saturated carbocycles. The Kier molecular flexibility index (Phi) is 6.25. The average Bonchev–Trinajstić information content (AvgIpc) is 2.70. The molecule has 3 aromatic rings. The highest BCUT2D eigenvalue weighted by Crippen LogP contribution is 2.23. The topological polar surface area (TPSA) is 74.9 Å². The number of anilines is 1. The number of carbonyl (C=O) groups is 2. The van der Waals surface area contributed by atoms with Crippen LogP contribution in [0, 0.1) is 11.6 Å². The number of nitrogens with zero attached hydrogens (tertiary/aromatic N) is 2. The van der Waals surface area contributed by atoms with Gasteiger partial charge in [0.15, 0.2) is 5.82 Å². The van der Waals surface area contributed by atoms with Crippen molar-refractivity contribution in [2.75, 3.05) is 18.0 Å². The third-order valence-corrected chi connectivity index (χ3v) is 4.53. The van der Waals surface area contributed by atoms with E-state index in [0.29, 0.717) is 17.0 Å². The summed E-state index contributed by atoms with van der Waals surface area (Å²) >= 11 is 0. The van der Waals surface area contributed by atoms with E-state index in [-0.39, 0.29) is 16.8 Å². The molecular weight excluding hydrogens is 392 g/mol. The summed E-state index contributed by atoms with van der Waals surface area (Å²) in [6.45, 7) is 6.83. The van der Waals surface area contributed by atoms with Gasteiger partial charge in [0.2, 0.25) is 11.5 Å². The van der Waals surface area contributed by atoms with Crippen LogP contribution in [-0.2, 0) is 4.79 Å². The highest BCUT2D eigenvalue weighted by Gasteiger charge is 2.15. The van der Waals surface area contributed by atoms with Crippen molar-refractivity contribution in [2.45, 2.75) is 20.8 Å². The molecule has 0 atom stereocenters. The van der Waals surface area contributed by atoms with Crippen molar-refractivity contribution in [3.63, 3.8) is 0 Å². The van der Waals surface area contributed by atoms with E-state index in [1.165, 1.54) is 13.0 Å². The van der Waals surface area contributed by atoms with Crippen LogP contribution in [0.1, 0.15) is 31.1 Å². The zero-order valence-electron chi connectivity index (χ0n) is 16.8. The molecule has 0 aliphatic carbocycles. The third kappa shape index (κ3) is 4.53. The third-order valence-electron chi connectivity index (χ3n) is 4.53. The molecule has 1 N–H and O–H groups in total. The summed E-state index contributed by atoms with van der Waals surface area (Å²) in [4.78, 5) is 30.0. The van der Waals surface area contributed by atoms with Crippen LogP contribution in [0.5, 0.6) is 0 Å². The van der Waals surface area contributed by atoms with Gasteiger partial charge in [-0.25, -0.2) is 13.8 Å². The van der Waals surface area contributed by atoms with E-state index in [2.05, 4.69) is 15.2 Å². The van der Waals surface area contributed by atoms with Gasteiger partial charge < -0.3 is 9.32 Å². The summed E-state index contributed by atoms with van der Waals surface area (Å²) in [5.74, 6) is -2.95. The summed E-state index contributed by atoms with van der Waals surface area (Å²) in [5, 5.41) is 2.77. The largest absolute Gasteiger partial charge is 0.437 e. The second-order valence-corrected chi connectivity index (χ2v) is 6.58. The Morgan fingerprint density at radius 3 is 2.43 bits per heavy atom. The lowest BCUT2D eigenvalue weighted by Gasteiger charge is -2.21. The SMILES string of the molecule is CCN(CC)c1ccc2cc(C(=O)NC(C)=O)c(=Nc3ccc(F)cc3F)oc2c1.